The molecule has 1 aliphatic heterocycles. The molecule has 0 aliphatic carbocycles. The lowest BCUT2D eigenvalue weighted by molar-refractivity contribution is 0.0270. The summed E-state index contributed by atoms with van der Waals surface area (Å²) in [7, 11) is 0. The van der Waals surface area contributed by atoms with Gasteiger partial charge in [0.2, 0.25) is 0 Å². The zero-order valence-corrected chi connectivity index (χ0v) is 19.7. The summed E-state index contributed by atoms with van der Waals surface area (Å²) in [5, 5.41) is 4.09. The summed E-state index contributed by atoms with van der Waals surface area (Å²) in [5.41, 5.74) is 3.25. The van der Waals surface area contributed by atoms with Crippen molar-refractivity contribution in [3.05, 3.63) is 66.9 Å². The number of aromatic amines is 1. The fourth-order valence-corrected chi connectivity index (χ4v) is 3.95. The first kappa shape index (κ1) is 22.6. The van der Waals surface area contributed by atoms with Crippen LogP contribution in [0.15, 0.2) is 55.4 Å². The number of nitrogens with zero attached hydrogens (tertiary/aromatic N) is 5. The van der Waals surface area contributed by atoms with Crippen molar-refractivity contribution in [1.82, 2.24) is 29.4 Å². The van der Waals surface area contributed by atoms with E-state index in [1.807, 2.05) is 32.9 Å². The van der Waals surface area contributed by atoms with Gasteiger partial charge in [0.15, 0.2) is 0 Å². The van der Waals surface area contributed by atoms with Crippen LogP contribution in [0.3, 0.4) is 0 Å². The molecule has 5 rings (SSSR count). The summed E-state index contributed by atoms with van der Waals surface area (Å²) in [4.78, 5) is 30.1. The Morgan fingerprint density at radius 1 is 1.23 bits per heavy atom. The summed E-state index contributed by atoms with van der Waals surface area (Å²) in [6, 6.07) is 6.76. The van der Waals surface area contributed by atoms with Gasteiger partial charge in [-0.3, -0.25) is 0 Å². The number of hydrogen-bond donors (Lipinski definition) is 2. The van der Waals surface area contributed by atoms with Crippen LogP contribution in [0.5, 0.6) is 0 Å². The van der Waals surface area contributed by atoms with E-state index in [0.717, 1.165) is 16.7 Å². The normalized spacial score (nSPS) is 14.2. The molecule has 10 heteroatoms. The first-order valence-corrected chi connectivity index (χ1v) is 11.3. The van der Waals surface area contributed by atoms with Gasteiger partial charge in [0.1, 0.15) is 29.2 Å². The van der Waals surface area contributed by atoms with Gasteiger partial charge >= 0.3 is 6.09 Å². The Labute approximate surface area is 201 Å². The summed E-state index contributed by atoms with van der Waals surface area (Å²) < 4.78 is 21.4. The lowest BCUT2D eigenvalue weighted by Gasteiger charge is -2.29. The molecule has 0 radical (unpaired) electrons. The summed E-state index contributed by atoms with van der Waals surface area (Å²) in [6.07, 6.45) is 8.71. The minimum absolute atomic E-state index is 0.309. The smallest absolute Gasteiger partial charge is 0.410 e. The van der Waals surface area contributed by atoms with Gasteiger partial charge in [-0.05, 0) is 57.0 Å². The van der Waals surface area contributed by atoms with E-state index in [2.05, 4.69) is 25.3 Å². The Kier molecular flexibility index (Phi) is 5.72. The monoisotopic (exact) mass is 475 g/mol. The number of rotatable bonds is 4. The van der Waals surface area contributed by atoms with Gasteiger partial charge in [0.25, 0.3) is 0 Å². The molecule has 0 atom stereocenters. The molecule has 0 unspecified atom stereocenters. The molecule has 2 N–H and O–H groups in total. The van der Waals surface area contributed by atoms with E-state index in [9.17, 15) is 9.18 Å². The number of carbonyl (C=O) groups is 1. The van der Waals surface area contributed by atoms with Gasteiger partial charge in [-0.1, -0.05) is 6.08 Å². The van der Waals surface area contributed by atoms with Gasteiger partial charge in [-0.15, -0.1) is 0 Å². The highest BCUT2D eigenvalue weighted by Gasteiger charge is 2.24. The standard InChI is InChI=1S/C25H26FN7O2/c1-25(2,3)35-24(34)32-9-6-16(7-10-32)20-13-18-22(28-14-29-23(18)31-20)30-17-4-5-19(26)21(12-17)33-11-8-27-15-33/h4-6,8,11-15H,7,9-10H2,1-3H3,(H2,28,29,30,31). The number of anilines is 2. The number of ether oxygens (including phenoxy) is 1. The maximum atomic E-state index is 14.3. The molecular weight excluding hydrogens is 449 g/mol. The van der Waals surface area contributed by atoms with Gasteiger partial charge in [0.05, 0.1) is 17.4 Å². The molecule has 4 heterocycles. The Hall–Kier alpha value is -4.21. The third kappa shape index (κ3) is 4.86. The van der Waals surface area contributed by atoms with Gasteiger partial charge in [0, 0.05) is 36.9 Å². The van der Waals surface area contributed by atoms with Crippen LogP contribution in [0, 0.1) is 5.82 Å². The summed E-state index contributed by atoms with van der Waals surface area (Å²) in [6.45, 7) is 6.62. The highest BCUT2D eigenvalue weighted by molar-refractivity contribution is 5.92. The third-order valence-corrected chi connectivity index (χ3v) is 5.62. The topological polar surface area (TPSA) is 101 Å². The van der Waals surface area contributed by atoms with Gasteiger partial charge < -0.3 is 24.5 Å². The molecule has 9 nitrogen and oxygen atoms in total. The summed E-state index contributed by atoms with van der Waals surface area (Å²) >= 11 is 0. The lowest BCUT2D eigenvalue weighted by atomic mass is 10.1. The van der Waals surface area contributed by atoms with Crippen LogP contribution in [-0.2, 0) is 4.74 Å². The molecule has 0 fully saturated rings. The molecule has 0 bridgehead atoms. The predicted octanol–water partition coefficient (Wildman–Crippen LogP) is 5.05. The highest BCUT2D eigenvalue weighted by atomic mass is 19.1. The van der Waals surface area contributed by atoms with Crippen molar-refractivity contribution in [3.63, 3.8) is 0 Å². The molecule has 0 saturated heterocycles. The van der Waals surface area contributed by atoms with Crippen molar-refractivity contribution in [1.29, 1.82) is 0 Å². The van der Waals surface area contributed by atoms with Crippen molar-refractivity contribution in [2.75, 3.05) is 18.4 Å². The molecule has 1 aromatic carbocycles. The van der Waals surface area contributed by atoms with Crippen LogP contribution >= 0.6 is 0 Å². The quantitative estimate of drug-likeness (QED) is 0.428. The minimum Gasteiger partial charge on any atom is -0.444 e. The van der Waals surface area contributed by atoms with Crippen molar-refractivity contribution in [3.8, 4) is 5.69 Å². The van der Waals surface area contributed by atoms with Gasteiger partial charge in [-0.25, -0.2) is 24.1 Å². The van der Waals surface area contributed by atoms with E-state index >= 15 is 0 Å². The number of aromatic nitrogens is 5. The number of H-pyrrole nitrogens is 1. The van der Waals surface area contributed by atoms with Crippen molar-refractivity contribution < 1.29 is 13.9 Å². The molecule has 1 aliphatic rings. The first-order chi connectivity index (χ1) is 16.8. The Morgan fingerprint density at radius 2 is 2.09 bits per heavy atom. The zero-order valence-electron chi connectivity index (χ0n) is 19.7. The van der Waals surface area contributed by atoms with E-state index in [1.54, 1.807) is 40.3 Å². The fourth-order valence-electron chi connectivity index (χ4n) is 3.95. The first-order valence-electron chi connectivity index (χ1n) is 11.3. The number of imidazole rings is 1. The van der Waals surface area contributed by atoms with Crippen LogP contribution in [0.1, 0.15) is 32.9 Å². The van der Waals surface area contributed by atoms with E-state index in [4.69, 9.17) is 4.74 Å². The molecule has 0 saturated carbocycles. The molecule has 3 aromatic heterocycles. The zero-order chi connectivity index (χ0) is 24.6. The molecular formula is C25H26FN7O2. The van der Waals surface area contributed by atoms with Crippen LogP contribution in [-0.4, -0.2) is 54.2 Å². The van der Waals surface area contributed by atoms with Crippen molar-refractivity contribution >= 4 is 34.2 Å². The van der Waals surface area contributed by atoms with E-state index in [1.165, 1.54) is 12.4 Å². The number of amides is 1. The lowest BCUT2D eigenvalue weighted by Crippen LogP contribution is -2.39. The highest BCUT2D eigenvalue weighted by Crippen LogP contribution is 2.30. The third-order valence-electron chi connectivity index (χ3n) is 5.62. The molecule has 0 spiro atoms. The van der Waals surface area contributed by atoms with E-state index in [0.29, 0.717) is 42.4 Å². The van der Waals surface area contributed by atoms with Crippen LogP contribution in [0.4, 0.5) is 20.7 Å². The number of fused-ring (bicyclic) bond motifs is 1. The molecule has 180 valence electrons. The second-order valence-electron chi connectivity index (χ2n) is 9.33. The van der Waals surface area contributed by atoms with Crippen LogP contribution in [0.25, 0.3) is 22.3 Å². The molecule has 35 heavy (non-hydrogen) atoms. The fraction of sp³-hybridized carbons (Fsp3) is 0.280. The Morgan fingerprint density at radius 3 is 2.80 bits per heavy atom. The molecule has 1 amide bonds. The second-order valence-corrected chi connectivity index (χ2v) is 9.33. The van der Waals surface area contributed by atoms with Crippen molar-refractivity contribution in [2.45, 2.75) is 32.8 Å². The number of benzene rings is 1. The number of hydrogen-bond acceptors (Lipinski definition) is 6. The van der Waals surface area contributed by atoms with Crippen LogP contribution < -0.4 is 5.32 Å². The van der Waals surface area contributed by atoms with Crippen molar-refractivity contribution in [2.24, 2.45) is 0 Å². The molecule has 4 aromatic rings. The SMILES string of the molecule is CC(C)(C)OC(=O)N1CC=C(c2cc3c(Nc4ccc(F)c(-n5ccnc5)c4)ncnc3[nH]2)CC1. The predicted molar refractivity (Wildman–Crippen MR) is 131 cm³/mol. The minimum atomic E-state index is -0.523. The number of halogens is 1. The average Bonchev–Trinajstić information content (AvgIpc) is 3.50. The van der Waals surface area contributed by atoms with E-state index < -0.39 is 5.60 Å². The number of nitrogens with one attached hydrogen (secondary N) is 2. The average molecular weight is 476 g/mol. The maximum Gasteiger partial charge on any atom is 0.410 e. The summed E-state index contributed by atoms with van der Waals surface area (Å²) in [5.74, 6) is 0.252. The van der Waals surface area contributed by atoms with Gasteiger partial charge in [-0.2, -0.15) is 0 Å². The maximum absolute atomic E-state index is 14.3. The largest absolute Gasteiger partial charge is 0.444 e. The Balaban J connectivity index is 1.37. The van der Waals surface area contributed by atoms with E-state index in [-0.39, 0.29) is 11.9 Å². The number of carbonyl (C=O) groups excluding carboxylic acids is 1. The second kappa shape index (κ2) is 8.86. The Bertz CT molecular complexity index is 1400. The van der Waals surface area contributed by atoms with Crippen LogP contribution in [0.2, 0.25) is 0 Å².